The highest BCUT2D eigenvalue weighted by Gasteiger charge is 2.35. The molecule has 3 heteroatoms. The Morgan fingerprint density at radius 2 is 2.06 bits per heavy atom. The van der Waals surface area contributed by atoms with E-state index in [1.807, 2.05) is 32.0 Å². The maximum Gasteiger partial charge on any atom is 0.158 e. The number of hydrogen-bond acceptors (Lipinski definition) is 3. The quantitative estimate of drug-likeness (QED) is 0.796. The lowest BCUT2D eigenvalue weighted by Gasteiger charge is -2.33. The molecule has 0 radical (unpaired) electrons. The van der Waals surface area contributed by atoms with Crippen LogP contribution in [0.25, 0.3) is 0 Å². The van der Waals surface area contributed by atoms with E-state index in [0.29, 0.717) is 6.42 Å². The smallest absolute Gasteiger partial charge is 0.158 e. The summed E-state index contributed by atoms with van der Waals surface area (Å²) in [4.78, 5) is 18.8. The third-order valence-electron chi connectivity index (χ3n) is 3.65. The van der Waals surface area contributed by atoms with Gasteiger partial charge in [-0.25, -0.2) is 0 Å². The van der Waals surface area contributed by atoms with E-state index in [2.05, 4.69) is 9.88 Å². The normalized spacial score (nSPS) is 17.3. The van der Waals surface area contributed by atoms with E-state index < -0.39 is 0 Å². The summed E-state index contributed by atoms with van der Waals surface area (Å²) < 4.78 is 0. The summed E-state index contributed by atoms with van der Waals surface area (Å²) in [5.74, 6) is 0.262. The summed E-state index contributed by atoms with van der Waals surface area (Å²) in [5, 5.41) is 0. The number of carbonyl (C=O) groups excluding carboxylic acids is 1. The minimum absolute atomic E-state index is 0.262. The minimum Gasteiger partial charge on any atom is -0.297 e. The number of hydrogen-bond donors (Lipinski definition) is 0. The number of pyridine rings is 1. The van der Waals surface area contributed by atoms with Crippen molar-refractivity contribution in [2.75, 3.05) is 13.1 Å². The second kappa shape index (κ2) is 4.96. The molecule has 2 heterocycles. The lowest BCUT2D eigenvalue weighted by atomic mass is 9.93. The van der Waals surface area contributed by atoms with E-state index in [9.17, 15) is 4.79 Å². The maximum absolute atomic E-state index is 12.3. The van der Waals surface area contributed by atoms with Crippen LogP contribution in [0.3, 0.4) is 0 Å². The van der Waals surface area contributed by atoms with Gasteiger partial charge in [0.2, 0.25) is 0 Å². The molecule has 1 aromatic heterocycles. The van der Waals surface area contributed by atoms with E-state index in [4.69, 9.17) is 0 Å². The zero-order chi connectivity index (χ0) is 12.3. The molecule has 1 aromatic rings. The molecule has 0 spiro atoms. The Morgan fingerprint density at radius 3 is 2.65 bits per heavy atom. The predicted molar refractivity (Wildman–Crippen MR) is 67.8 cm³/mol. The number of ketones is 1. The summed E-state index contributed by atoms with van der Waals surface area (Å²) in [5.41, 5.74) is 0.512. The Hall–Kier alpha value is -1.22. The van der Waals surface area contributed by atoms with Crippen molar-refractivity contribution in [1.82, 2.24) is 9.88 Å². The van der Waals surface area contributed by atoms with Gasteiger partial charge in [0.05, 0.1) is 12.0 Å². The molecule has 1 aliphatic rings. The van der Waals surface area contributed by atoms with Crippen molar-refractivity contribution >= 4 is 5.78 Å². The Bertz CT molecular complexity index is 380. The number of nitrogens with zero attached hydrogens (tertiary/aromatic N) is 2. The number of aromatic nitrogens is 1. The molecule has 0 bridgehead atoms. The van der Waals surface area contributed by atoms with Gasteiger partial charge in [-0.2, -0.15) is 0 Å². The van der Waals surface area contributed by atoms with Crippen LogP contribution in [0.5, 0.6) is 0 Å². The van der Waals surface area contributed by atoms with Gasteiger partial charge in [-0.15, -0.1) is 0 Å². The SMILES string of the molecule is CC(C)(C(=O)Cc1ccccn1)N1CCCC1. The number of Topliss-reactive ketones (excluding diaryl/α,β-unsaturated/α-hetero) is 1. The third-order valence-corrected chi connectivity index (χ3v) is 3.65. The van der Waals surface area contributed by atoms with Gasteiger partial charge in [-0.3, -0.25) is 14.7 Å². The van der Waals surface area contributed by atoms with Crippen molar-refractivity contribution in [1.29, 1.82) is 0 Å². The molecule has 1 aliphatic heterocycles. The second-order valence-corrected chi connectivity index (χ2v) is 5.17. The van der Waals surface area contributed by atoms with Gasteiger partial charge in [0.25, 0.3) is 0 Å². The Labute approximate surface area is 103 Å². The van der Waals surface area contributed by atoms with Crippen molar-refractivity contribution in [2.24, 2.45) is 0 Å². The maximum atomic E-state index is 12.3. The van der Waals surface area contributed by atoms with Crippen LogP contribution in [0, 0.1) is 0 Å². The van der Waals surface area contributed by atoms with E-state index >= 15 is 0 Å². The Morgan fingerprint density at radius 1 is 1.35 bits per heavy atom. The molecule has 0 saturated carbocycles. The molecule has 1 fully saturated rings. The summed E-state index contributed by atoms with van der Waals surface area (Å²) in [6.07, 6.45) is 4.59. The number of carbonyl (C=O) groups is 1. The number of likely N-dealkylation sites (tertiary alicyclic amines) is 1. The van der Waals surface area contributed by atoms with Crippen molar-refractivity contribution in [3.8, 4) is 0 Å². The van der Waals surface area contributed by atoms with Gasteiger partial charge in [-0.05, 0) is 51.9 Å². The van der Waals surface area contributed by atoms with Gasteiger partial charge in [-0.1, -0.05) is 6.07 Å². The van der Waals surface area contributed by atoms with Crippen LogP contribution in [-0.4, -0.2) is 34.3 Å². The molecule has 0 aromatic carbocycles. The van der Waals surface area contributed by atoms with Gasteiger partial charge in [0, 0.05) is 11.9 Å². The highest BCUT2D eigenvalue weighted by Crippen LogP contribution is 2.22. The lowest BCUT2D eigenvalue weighted by molar-refractivity contribution is -0.128. The largest absolute Gasteiger partial charge is 0.297 e. The Balaban J connectivity index is 2.04. The standard InChI is InChI=1S/C14H20N2O/c1-14(2,16-9-5-6-10-16)13(17)11-12-7-3-4-8-15-12/h3-4,7-8H,5-6,9-11H2,1-2H3. The molecule has 0 amide bonds. The average Bonchev–Trinajstić information content (AvgIpc) is 2.84. The lowest BCUT2D eigenvalue weighted by Crippen LogP contribution is -2.49. The highest BCUT2D eigenvalue weighted by molar-refractivity contribution is 5.89. The molecule has 0 unspecified atom stereocenters. The molecule has 1 saturated heterocycles. The van der Waals surface area contributed by atoms with E-state index in [1.165, 1.54) is 12.8 Å². The van der Waals surface area contributed by atoms with Crippen LogP contribution in [0.15, 0.2) is 24.4 Å². The van der Waals surface area contributed by atoms with Crippen LogP contribution in [0.4, 0.5) is 0 Å². The predicted octanol–water partition coefficient (Wildman–Crippen LogP) is 2.07. The van der Waals surface area contributed by atoms with E-state index in [0.717, 1.165) is 18.8 Å². The average molecular weight is 232 g/mol. The zero-order valence-corrected chi connectivity index (χ0v) is 10.6. The molecule has 0 N–H and O–H groups in total. The van der Waals surface area contributed by atoms with Crippen molar-refractivity contribution in [2.45, 2.75) is 38.6 Å². The topological polar surface area (TPSA) is 33.2 Å². The molecule has 17 heavy (non-hydrogen) atoms. The first-order valence-electron chi connectivity index (χ1n) is 6.29. The number of rotatable bonds is 4. The fourth-order valence-electron chi connectivity index (χ4n) is 2.34. The first-order chi connectivity index (χ1) is 8.10. The van der Waals surface area contributed by atoms with Crippen LogP contribution >= 0.6 is 0 Å². The van der Waals surface area contributed by atoms with Gasteiger partial charge >= 0.3 is 0 Å². The summed E-state index contributed by atoms with van der Waals surface area (Å²) in [6, 6.07) is 5.72. The van der Waals surface area contributed by atoms with E-state index in [1.54, 1.807) is 6.20 Å². The van der Waals surface area contributed by atoms with Crippen LogP contribution in [-0.2, 0) is 11.2 Å². The first kappa shape index (κ1) is 12.2. The van der Waals surface area contributed by atoms with Crippen molar-refractivity contribution < 1.29 is 4.79 Å². The van der Waals surface area contributed by atoms with Crippen LogP contribution < -0.4 is 0 Å². The molecular formula is C14H20N2O. The van der Waals surface area contributed by atoms with Crippen LogP contribution in [0.1, 0.15) is 32.4 Å². The summed E-state index contributed by atoms with van der Waals surface area (Å²) in [6.45, 7) is 6.15. The molecule has 0 aliphatic carbocycles. The summed E-state index contributed by atoms with van der Waals surface area (Å²) in [7, 11) is 0. The third kappa shape index (κ3) is 2.72. The molecule has 92 valence electrons. The summed E-state index contributed by atoms with van der Waals surface area (Å²) >= 11 is 0. The van der Waals surface area contributed by atoms with Gasteiger partial charge < -0.3 is 0 Å². The fourth-order valence-corrected chi connectivity index (χ4v) is 2.34. The molecule has 3 nitrogen and oxygen atoms in total. The van der Waals surface area contributed by atoms with Crippen LogP contribution in [0.2, 0.25) is 0 Å². The van der Waals surface area contributed by atoms with E-state index in [-0.39, 0.29) is 11.3 Å². The molecule has 2 rings (SSSR count). The monoisotopic (exact) mass is 232 g/mol. The Kier molecular flexibility index (Phi) is 3.57. The highest BCUT2D eigenvalue weighted by atomic mass is 16.1. The minimum atomic E-state index is -0.353. The second-order valence-electron chi connectivity index (χ2n) is 5.17. The van der Waals surface area contributed by atoms with Gasteiger partial charge in [0.15, 0.2) is 5.78 Å². The van der Waals surface area contributed by atoms with Crippen molar-refractivity contribution in [3.63, 3.8) is 0 Å². The van der Waals surface area contributed by atoms with Crippen molar-refractivity contribution in [3.05, 3.63) is 30.1 Å². The van der Waals surface area contributed by atoms with Gasteiger partial charge in [0.1, 0.15) is 0 Å². The molecule has 0 atom stereocenters. The fraction of sp³-hybridized carbons (Fsp3) is 0.571. The zero-order valence-electron chi connectivity index (χ0n) is 10.6. The first-order valence-corrected chi connectivity index (χ1v) is 6.29. The molecular weight excluding hydrogens is 212 g/mol.